The molecule has 0 heterocycles. The SMILES string of the molecule is CN(C)CCCCOP(=O)([O-])O[P+](c1ccccc1)(c1ccccc1)c1ccccc1. The van der Waals surface area contributed by atoms with Crippen LogP contribution < -0.4 is 20.8 Å². The van der Waals surface area contributed by atoms with Gasteiger partial charge in [0.2, 0.25) is 0 Å². The predicted molar refractivity (Wildman–Crippen MR) is 128 cm³/mol. The first-order valence-corrected chi connectivity index (χ1v) is 13.5. The van der Waals surface area contributed by atoms with E-state index in [9.17, 15) is 9.46 Å². The molecule has 1 unspecified atom stereocenters. The summed E-state index contributed by atoms with van der Waals surface area (Å²) in [5, 5.41) is 2.46. The average molecular weight is 457 g/mol. The second-order valence-corrected chi connectivity index (χ2v) is 12.1. The number of nitrogens with zero attached hydrogens (tertiary/aromatic N) is 1. The van der Waals surface area contributed by atoms with Crippen molar-refractivity contribution in [3.05, 3.63) is 91.0 Å². The van der Waals surface area contributed by atoms with Crippen LogP contribution in [0.5, 0.6) is 0 Å². The van der Waals surface area contributed by atoms with Crippen molar-refractivity contribution in [1.29, 1.82) is 0 Å². The highest BCUT2D eigenvalue weighted by Crippen LogP contribution is 2.66. The number of phosphoric acid groups is 1. The summed E-state index contributed by atoms with van der Waals surface area (Å²) in [6, 6.07) is 28.7. The highest BCUT2D eigenvalue weighted by atomic mass is 31.3. The fourth-order valence-electron chi connectivity index (χ4n) is 3.38. The van der Waals surface area contributed by atoms with E-state index in [-0.39, 0.29) is 6.61 Å². The quantitative estimate of drug-likeness (QED) is 0.324. The highest BCUT2D eigenvalue weighted by Gasteiger charge is 2.51. The second-order valence-electron chi connectivity index (χ2n) is 7.49. The van der Waals surface area contributed by atoms with Gasteiger partial charge in [-0.05, 0) is 69.9 Å². The van der Waals surface area contributed by atoms with Gasteiger partial charge in [0, 0.05) is 0 Å². The highest BCUT2D eigenvalue weighted by molar-refractivity contribution is 7.94. The maximum atomic E-state index is 13.1. The Morgan fingerprint density at radius 2 is 1.19 bits per heavy atom. The molecule has 31 heavy (non-hydrogen) atoms. The molecule has 0 N–H and O–H groups in total. The van der Waals surface area contributed by atoms with E-state index in [1.54, 1.807) is 0 Å². The summed E-state index contributed by atoms with van der Waals surface area (Å²) in [7, 11) is -3.57. The van der Waals surface area contributed by atoms with Gasteiger partial charge in [-0.1, -0.05) is 54.6 Å². The summed E-state index contributed by atoms with van der Waals surface area (Å²) in [6.07, 6.45) is 1.49. The minimum Gasteiger partial charge on any atom is -0.754 e. The molecule has 0 saturated carbocycles. The Labute approximate surface area is 185 Å². The average Bonchev–Trinajstić information content (AvgIpc) is 2.79. The van der Waals surface area contributed by atoms with Crippen LogP contribution in [0.2, 0.25) is 0 Å². The minimum absolute atomic E-state index is 0.104. The summed E-state index contributed by atoms with van der Waals surface area (Å²) < 4.78 is 24.5. The van der Waals surface area contributed by atoms with E-state index in [2.05, 4.69) is 4.90 Å². The van der Waals surface area contributed by atoms with Gasteiger partial charge in [0.25, 0.3) is 7.49 Å². The van der Waals surface area contributed by atoms with Gasteiger partial charge in [0.05, 0.1) is 6.61 Å². The molecule has 0 aliphatic rings. The second kappa shape index (κ2) is 11.2. The van der Waals surface area contributed by atoms with Gasteiger partial charge >= 0.3 is 7.82 Å². The molecule has 7 heteroatoms. The number of rotatable bonds is 11. The van der Waals surface area contributed by atoms with Gasteiger partial charge in [-0.15, -0.1) is 0 Å². The van der Waals surface area contributed by atoms with Crippen LogP contribution in [0.15, 0.2) is 91.0 Å². The minimum atomic E-state index is -4.59. The van der Waals surface area contributed by atoms with Crippen LogP contribution in [0.4, 0.5) is 0 Å². The summed E-state index contributed by atoms with van der Waals surface area (Å²) in [4.78, 5) is 15.1. The third-order valence-corrected chi connectivity index (χ3v) is 10.2. The molecule has 3 aromatic rings. The molecule has 3 rings (SSSR count). The molecule has 0 saturated heterocycles. The number of phosphoric ester groups is 1. The van der Waals surface area contributed by atoms with Gasteiger partial charge in [0.1, 0.15) is 15.9 Å². The van der Waals surface area contributed by atoms with Crippen molar-refractivity contribution in [3.8, 4) is 0 Å². The molecule has 5 nitrogen and oxygen atoms in total. The maximum absolute atomic E-state index is 13.1. The molecule has 1 atom stereocenters. The zero-order valence-electron chi connectivity index (χ0n) is 18.0. The lowest BCUT2D eigenvalue weighted by Gasteiger charge is -2.31. The Kier molecular flexibility index (Phi) is 8.57. The normalized spacial score (nSPS) is 13.8. The summed E-state index contributed by atoms with van der Waals surface area (Å²) in [5.74, 6) is 0. The lowest BCUT2D eigenvalue weighted by atomic mass is 10.3. The van der Waals surface area contributed by atoms with Gasteiger partial charge in [0.15, 0.2) is 0 Å². The van der Waals surface area contributed by atoms with Crippen LogP contribution in [0.3, 0.4) is 0 Å². The molecule has 0 amide bonds. The van der Waals surface area contributed by atoms with Crippen molar-refractivity contribution < 1.29 is 18.3 Å². The number of unbranched alkanes of at least 4 members (excludes halogenated alkanes) is 1. The van der Waals surface area contributed by atoms with E-state index in [0.29, 0.717) is 6.42 Å². The molecular weight excluding hydrogens is 428 g/mol. The van der Waals surface area contributed by atoms with Crippen LogP contribution in [-0.4, -0.2) is 32.1 Å². The van der Waals surface area contributed by atoms with Gasteiger partial charge in [-0.3, -0.25) is 4.57 Å². The molecule has 0 aliphatic carbocycles. The van der Waals surface area contributed by atoms with Crippen LogP contribution >= 0.6 is 15.3 Å². The van der Waals surface area contributed by atoms with Gasteiger partial charge in [-0.25, -0.2) is 0 Å². The van der Waals surface area contributed by atoms with Crippen LogP contribution in [0, 0.1) is 0 Å². The van der Waals surface area contributed by atoms with Crippen molar-refractivity contribution in [2.24, 2.45) is 0 Å². The zero-order valence-corrected chi connectivity index (χ0v) is 19.8. The summed E-state index contributed by atoms with van der Waals surface area (Å²) in [5.41, 5.74) is 0. The fraction of sp³-hybridized carbons (Fsp3) is 0.250. The molecule has 0 aromatic heterocycles. The number of hydrogen-bond acceptors (Lipinski definition) is 5. The Morgan fingerprint density at radius 1 is 0.774 bits per heavy atom. The Morgan fingerprint density at radius 3 is 1.58 bits per heavy atom. The zero-order chi connectivity index (χ0) is 22.2. The molecule has 0 aliphatic heterocycles. The van der Waals surface area contributed by atoms with Crippen LogP contribution in [0.1, 0.15) is 12.8 Å². The monoisotopic (exact) mass is 457 g/mol. The van der Waals surface area contributed by atoms with Crippen molar-refractivity contribution >= 4 is 31.2 Å². The van der Waals surface area contributed by atoms with E-state index in [4.69, 9.17) is 8.83 Å². The standard InChI is InChI=1S/C24H29NO4P2/c1-25(2)20-12-13-21-28-31(26,27)29-30(22-14-6-3-7-15-22,23-16-8-4-9-17-23)24-18-10-5-11-19-24/h3-11,14-19H,12-13,20-21H2,1-2H3. The van der Waals surface area contributed by atoms with E-state index in [0.717, 1.165) is 28.9 Å². The lowest BCUT2D eigenvalue weighted by molar-refractivity contribution is -0.216. The van der Waals surface area contributed by atoms with Crippen molar-refractivity contribution in [1.82, 2.24) is 4.90 Å². The smallest absolute Gasteiger partial charge is 0.308 e. The van der Waals surface area contributed by atoms with Crippen LogP contribution in [-0.2, 0) is 13.4 Å². The Bertz CT molecular complexity index is 872. The largest absolute Gasteiger partial charge is 0.754 e. The molecular formula is C24H29NO4P2. The van der Waals surface area contributed by atoms with E-state index < -0.39 is 15.3 Å². The number of benzene rings is 3. The third-order valence-electron chi connectivity index (χ3n) is 4.83. The molecule has 3 aromatic carbocycles. The first kappa shape index (κ1) is 23.8. The maximum Gasteiger partial charge on any atom is 0.308 e. The van der Waals surface area contributed by atoms with Gasteiger partial charge < -0.3 is 14.3 Å². The predicted octanol–water partition coefficient (Wildman–Crippen LogP) is 3.74. The third kappa shape index (κ3) is 6.33. The molecule has 0 radical (unpaired) electrons. The first-order valence-electron chi connectivity index (χ1n) is 10.3. The first-order chi connectivity index (χ1) is 14.9. The molecule has 0 bridgehead atoms. The fourth-order valence-corrected chi connectivity index (χ4v) is 8.93. The topological polar surface area (TPSA) is 61.8 Å². The summed E-state index contributed by atoms with van der Waals surface area (Å²) in [6.45, 7) is 0.981. The van der Waals surface area contributed by atoms with E-state index in [1.165, 1.54) is 0 Å². The van der Waals surface area contributed by atoms with Gasteiger partial charge in [-0.2, -0.15) is 4.31 Å². The number of hydrogen-bond donors (Lipinski definition) is 0. The van der Waals surface area contributed by atoms with Crippen LogP contribution in [0.25, 0.3) is 0 Å². The molecule has 164 valence electrons. The summed E-state index contributed by atoms with van der Waals surface area (Å²) >= 11 is 0. The Balaban J connectivity index is 1.99. The van der Waals surface area contributed by atoms with Crippen molar-refractivity contribution in [2.75, 3.05) is 27.2 Å². The van der Waals surface area contributed by atoms with E-state index >= 15 is 0 Å². The van der Waals surface area contributed by atoms with Crippen molar-refractivity contribution in [3.63, 3.8) is 0 Å². The van der Waals surface area contributed by atoms with Crippen molar-refractivity contribution in [2.45, 2.75) is 12.8 Å². The lowest BCUT2D eigenvalue weighted by Crippen LogP contribution is -2.33. The van der Waals surface area contributed by atoms with E-state index in [1.807, 2.05) is 105 Å². The Hall–Kier alpha value is -1.84. The molecule has 0 fully saturated rings. The molecule has 0 spiro atoms.